The van der Waals surface area contributed by atoms with E-state index in [1.54, 1.807) is 0 Å². The number of aliphatic hydroxyl groups excluding tert-OH is 5. The van der Waals surface area contributed by atoms with E-state index in [9.17, 15) is 0 Å². The number of hydrogen-bond acceptors (Lipinski definition) is 5. The van der Waals surface area contributed by atoms with E-state index < -0.39 is 6.10 Å². The molecule has 3 atom stereocenters. The van der Waals surface area contributed by atoms with Gasteiger partial charge in [-0.1, -0.05) is 48.5 Å². The molecule has 0 spiro atoms. The largest absolute Gasteiger partial charge is 0.396 e. The Hall–Kier alpha value is -0.200. The van der Waals surface area contributed by atoms with Crippen molar-refractivity contribution in [2.75, 3.05) is 13.2 Å². The van der Waals surface area contributed by atoms with Gasteiger partial charge in [0.15, 0.2) is 0 Å². The van der Waals surface area contributed by atoms with Gasteiger partial charge in [-0.15, -0.1) is 0 Å². The van der Waals surface area contributed by atoms with Crippen LogP contribution in [0.3, 0.4) is 0 Å². The lowest BCUT2D eigenvalue weighted by Gasteiger charge is -2.11. The fourth-order valence-corrected chi connectivity index (χ4v) is 1.15. The summed E-state index contributed by atoms with van der Waals surface area (Å²) in [5, 5.41) is 43.2. The first-order chi connectivity index (χ1) is 10.0. The van der Waals surface area contributed by atoms with Gasteiger partial charge in [0, 0.05) is 6.61 Å². The van der Waals surface area contributed by atoms with Crippen LogP contribution in [0.25, 0.3) is 0 Å². The van der Waals surface area contributed by atoms with E-state index >= 15 is 0 Å². The van der Waals surface area contributed by atoms with Gasteiger partial charge in [0.2, 0.25) is 0 Å². The van der Waals surface area contributed by atoms with Gasteiger partial charge in [0.1, 0.15) is 0 Å². The summed E-state index contributed by atoms with van der Waals surface area (Å²) in [7, 11) is 0. The highest BCUT2D eigenvalue weighted by atomic mass is 16.3. The third kappa shape index (κ3) is 19.8. The zero-order valence-electron chi connectivity index (χ0n) is 15.5. The highest BCUT2D eigenvalue weighted by molar-refractivity contribution is 4.57. The number of aliphatic hydroxyl groups is 5. The molecule has 0 heterocycles. The lowest BCUT2D eigenvalue weighted by Crippen LogP contribution is -2.18. The van der Waals surface area contributed by atoms with E-state index in [2.05, 4.69) is 0 Å². The SMILES string of the molecule is CC(C)C(O)CCO.CC(C)[C@H](O)CO.CC[C@H](O)C(C)C. The Kier molecular flexibility index (Phi) is 20.8. The van der Waals surface area contributed by atoms with Crippen LogP contribution in [-0.4, -0.2) is 57.1 Å². The average molecular weight is 325 g/mol. The molecule has 0 saturated heterocycles. The van der Waals surface area contributed by atoms with Gasteiger partial charge in [-0.25, -0.2) is 0 Å². The minimum Gasteiger partial charge on any atom is -0.396 e. The predicted molar refractivity (Wildman–Crippen MR) is 91.6 cm³/mol. The first-order valence-corrected chi connectivity index (χ1v) is 8.30. The summed E-state index contributed by atoms with van der Waals surface area (Å²) in [6.45, 7) is 13.6. The fourth-order valence-electron chi connectivity index (χ4n) is 1.15. The Morgan fingerprint density at radius 2 is 1.00 bits per heavy atom. The third-order valence-corrected chi connectivity index (χ3v) is 3.34. The van der Waals surface area contributed by atoms with Crippen molar-refractivity contribution in [3.8, 4) is 0 Å². The maximum atomic E-state index is 8.97. The van der Waals surface area contributed by atoms with Crippen LogP contribution in [0, 0.1) is 17.8 Å². The van der Waals surface area contributed by atoms with Crippen LogP contribution >= 0.6 is 0 Å². The quantitative estimate of drug-likeness (QED) is 0.491. The van der Waals surface area contributed by atoms with Crippen LogP contribution in [0.15, 0.2) is 0 Å². The normalized spacial score (nSPS) is 14.9. The zero-order chi connectivity index (χ0) is 18.3. The molecule has 5 N–H and O–H groups in total. The van der Waals surface area contributed by atoms with Crippen molar-refractivity contribution in [2.45, 2.75) is 79.6 Å². The van der Waals surface area contributed by atoms with Crippen LogP contribution < -0.4 is 0 Å². The van der Waals surface area contributed by atoms with E-state index in [0.717, 1.165) is 6.42 Å². The summed E-state index contributed by atoms with van der Waals surface area (Å²) in [6.07, 6.45) is 0.398. The summed E-state index contributed by atoms with van der Waals surface area (Å²) < 4.78 is 0. The van der Waals surface area contributed by atoms with Crippen molar-refractivity contribution < 1.29 is 25.5 Å². The van der Waals surface area contributed by atoms with Gasteiger partial charge in [-0.3, -0.25) is 0 Å². The summed E-state index contributed by atoms with van der Waals surface area (Å²) >= 11 is 0. The monoisotopic (exact) mass is 324 g/mol. The van der Waals surface area contributed by atoms with Crippen molar-refractivity contribution in [3.63, 3.8) is 0 Å². The molecule has 0 bridgehead atoms. The van der Waals surface area contributed by atoms with E-state index in [0.29, 0.717) is 12.3 Å². The molecule has 22 heavy (non-hydrogen) atoms. The van der Waals surface area contributed by atoms with Crippen molar-refractivity contribution in [3.05, 3.63) is 0 Å². The van der Waals surface area contributed by atoms with Gasteiger partial charge >= 0.3 is 0 Å². The molecule has 0 radical (unpaired) electrons. The van der Waals surface area contributed by atoms with E-state index in [4.69, 9.17) is 25.5 Å². The van der Waals surface area contributed by atoms with Gasteiger partial charge in [0.05, 0.1) is 24.9 Å². The van der Waals surface area contributed by atoms with Gasteiger partial charge < -0.3 is 25.5 Å². The first kappa shape index (κ1) is 26.7. The Morgan fingerprint density at radius 3 is 1.05 bits per heavy atom. The molecule has 138 valence electrons. The molecule has 0 aliphatic rings. The molecule has 5 heteroatoms. The van der Waals surface area contributed by atoms with Crippen molar-refractivity contribution in [1.82, 2.24) is 0 Å². The molecule has 0 fully saturated rings. The molecule has 5 nitrogen and oxygen atoms in total. The fraction of sp³-hybridized carbons (Fsp3) is 1.00. The molecule has 0 aromatic heterocycles. The number of rotatable bonds is 7. The third-order valence-electron chi connectivity index (χ3n) is 3.34. The van der Waals surface area contributed by atoms with Crippen LogP contribution in [0.5, 0.6) is 0 Å². The van der Waals surface area contributed by atoms with Crippen LogP contribution in [0.1, 0.15) is 61.3 Å². The standard InChI is InChI=1S/C6H14O2.C6H14O.C5H12O2/c1-5(2)6(8)3-4-7;1-4-6(7)5(2)3;1-4(2)5(7)3-6/h5-8H,3-4H2,1-2H3;5-7H,4H2,1-3H3;4-7H,3H2,1-2H3/t;6-;5-/m.01/s1. The molecular formula is C17H40O5. The summed E-state index contributed by atoms with van der Waals surface area (Å²) in [5.74, 6) is 0.858. The smallest absolute Gasteiger partial charge is 0.0793 e. The maximum absolute atomic E-state index is 8.97. The highest BCUT2D eigenvalue weighted by Gasteiger charge is 2.06. The van der Waals surface area contributed by atoms with E-state index in [1.807, 2.05) is 48.5 Å². The molecule has 0 aliphatic heterocycles. The second-order valence-electron chi connectivity index (χ2n) is 6.54. The predicted octanol–water partition coefficient (Wildman–Crippen LogP) is 1.79. The van der Waals surface area contributed by atoms with Crippen molar-refractivity contribution in [2.24, 2.45) is 17.8 Å². The Balaban J connectivity index is -0.000000247. The second kappa shape index (κ2) is 17.2. The van der Waals surface area contributed by atoms with Crippen LogP contribution in [0.2, 0.25) is 0 Å². The molecule has 0 amide bonds. The molecule has 0 rings (SSSR count). The lowest BCUT2D eigenvalue weighted by atomic mass is 10.1. The molecule has 0 aromatic rings. The average Bonchev–Trinajstić information content (AvgIpc) is 2.46. The first-order valence-electron chi connectivity index (χ1n) is 8.30. The van der Waals surface area contributed by atoms with Crippen molar-refractivity contribution in [1.29, 1.82) is 0 Å². The van der Waals surface area contributed by atoms with Gasteiger partial charge in [-0.05, 0) is 30.6 Å². The van der Waals surface area contributed by atoms with Gasteiger partial charge in [0.25, 0.3) is 0 Å². The lowest BCUT2D eigenvalue weighted by molar-refractivity contribution is 0.0597. The maximum Gasteiger partial charge on any atom is 0.0793 e. The molecule has 0 saturated carbocycles. The summed E-state index contributed by atoms with van der Waals surface area (Å²) in [4.78, 5) is 0. The minimum absolute atomic E-state index is 0.0827. The van der Waals surface area contributed by atoms with E-state index in [1.165, 1.54) is 0 Å². The molecule has 0 aliphatic carbocycles. The summed E-state index contributed by atoms with van der Waals surface area (Å²) in [6, 6.07) is 0. The van der Waals surface area contributed by atoms with Crippen LogP contribution in [0.4, 0.5) is 0 Å². The Morgan fingerprint density at radius 1 is 0.636 bits per heavy atom. The van der Waals surface area contributed by atoms with Crippen molar-refractivity contribution >= 4 is 0 Å². The number of hydrogen-bond donors (Lipinski definition) is 5. The molecule has 1 unspecified atom stereocenters. The van der Waals surface area contributed by atoms with E-state index in [-0.39, 0.29) is 37.3 Å². The topological polar surface area (TPSA) is 101 Å². The molecular weight excluding hydrogens is 284 g/mol. The van der Waals surface area contributed by atoms with Gasteiger partial charge in [-0.2, -0.15) is 0 Å². The second-order valence-corrected chi connectivity index (χ2v) is 6.54. The Labute approximate surface area is 137 Å². The zero-order valence-corrected chi connectivity index (χ0v) is 15.5. The summed E-state index contributed by atoms with van der Waals surface area (Å²) in [5.41, 5.74) is 0. The minimum atomic E-state index is -0.542. The molecule has 0 aromatic carbocycles. The Bertz CT molecular complexity index is 193. The van der Waals surface area contributed by atoms with Crippen LogP contribution in [-0.2, 0) is 0 Å². The highest BCUT2D eigenvalue weighted by Crippen LogP contribution is 2.03.